The van der Waals surface area contributed by atoms with Crippen LogP contribution in [0.5, 0.6) is 5.75 Å². The van der Waals surface area contributed by atoms with E-state index < -0.39 is 11.4 Å². The van der Waals surface area contributed by atoms with Gasteiger partial charge in [0.25, 0.3) is 0 Å². The second-order valence-electron chi connectivity index (χ2n) is 3.96. The van der Waals surface area contributed by atoms with E-state index in [0.29, 0.717) is 18.5 Å². The zero-order valence-electron chi connectivity index (χ0n) is 8.92. The fourth-order valence-corrected chi connectivity index (χ4v) is 1.36. The highest BCUT2D eigenvalue weighted by molar-refractivity contribution is 6.00. The molecule has 0 atom stereocenters. The lowest BCUT2D eigenvalue weighted by Crippen LogP contribution is -2.37. The van der Waals surface area contributed by atoms with Crippen molar-refractivity contribution in [2.75, 3.05) is 12.4 Å². The van der Waals surface area contributed by atoms with Gasteiger partial charge in [-0.05, 0) is 25.0 Å². The summed E-state index contributed by atoms with van der Waals surface area (Å²) >= 11 is 0. The Hall–Kier alpha value is -1.62. The number of ether oxygens (including phenoxy) is 1. The summed E-state index contributed by atoms with van der Waals surface area (Å²) in [6.07, 6.45) is 1.36. The number of carbonyl (C=O) groups excluding carboxylic acids is 1. The van der Waals surface area contributed by atoms with E-state index >= 15 is 0 Å². The fraction of sp³-hybridized carbons (Fsp3) is 0.364. The molecule has 0 saturated heterocycles. The summed E-state index contributed by atoms with van der Waals surface area (Å²) in [7, 11) is 1.38. The van der Waals surface area contributed by atoms with Gasteiger partial charge in [0.15, 0.2) is 11.6 Å². The summed E-state index contributed by atoms with van der Waals surface area (Å²) in [5.74, 6) is -0.633. The molecule has 3 N–H and O–H groups in total. The molecule has 86 valence electrons. The predicted octanol–water partition coefficient (Wildman–Crippen LogP) is 1.26. The van der Waals surface area contributed by atoms with Crippen molar-refractivity contribution in [2.24, 2.45) is 5.73 Å². The van der Waals surface area contributed by atoms with Crippen molar-refractivity contribution < 1.29 is 13.9 Å². The first kappa shape index (κ1) is 10.9. The average Bonchev–Trinajstić information content (AvgIpc) is 2.98. The molecule has 16 heavy (non-hydrogen) atoms. The van der Waals surface area contributed by atoms with Crippen LogP contribution in [0.4, 0.5) is 10.1 Å². The van der Waals surface area contributed by atoms with E-state index in [4.69, 9.17) is 10.5 Å². The van der Waals surface area contributed by atoms with Gasteiger partial charge in [0.1, 0.15) is 0 Å². The molecule has 1 amide bonds. The first-order chi connectivity index (χ1) is 7.55. The lowest BCUT2D eigenvalue weighted by Gasteiger charge is -2.10. The maximum atomic E-state index is 13.3. The number of anilines is 1. The molecule has 0 heterocycles. The van der Waals surface area contributed by atoms with Gasteiger partial charge in [-0.1, -0.05) is 0 Å². The minimum absolute atomic E-state index is 0.145. The van der Waals surface area contributed by atoms with Gasteiger partial charge < -0.3 is 15.8 Å². The van der Waals surface area contributed by atoms with Crippen LogP contribution >= 0.6 is 0 Å². The second kappa shape index (κ2) is 3.75. The topological polar surface area (TPSA) is 64.3 Å². The van der Waals surface area contributed by atoms with Crippen LogP contribution in [0, 0.1) is 5.82 Å². The van der Waals surface area contributed by atoms with Crippen LogP contribution in [0.25, 0.3) is 0 Å². The van der Waals surface area contributed by atoms with Crippen molar-refractivity contribution in [3.8, 4) is 5.75 Å². The third-order valence-corrected chi connectivity index (χ3v) is 2.65. The monoisotopic (exact) mass is 224 g/mol. The maximum Gasteiger partial charge on any atom is 0.244 e. The number of halogens is 1. The zero-order chi connectivity index (χ0) is 11.8. The van der Waals surface area contributed by atoms with E-state index in [2.05, 4.69) is 5.32 Å². The molecule has 0 unspecified atom stereocenters. The quantitative estimate of drug-likeness (QED) is 0.812. The van der Waals surface area contributed by atoms with Crippen LogP contribution in [-0.2, 0) is 4.79 Å². The molecule has 1 aromatic rings. The SMILES string of the molecule is COc1ccc(NC(=O)C2(N)CC2)cc1F. The molecule has 1 saturated carbocycles. The van der Waals surface area contributed by atoms with Crippen LogP contribution < -0.4 is 15.8 Å². The fourth-order valence-electron chi connectivity index (χ4n) is 1.36. The van der Waals surface area contributed by atoms with E-state index in [1.165, 1.54) is 19.2 Å². The number of carbonyl (C=O) groups is 1. The number of nitrogens with two attached hydrogens (primary N) is 1. The standard InChI is InChI=1S/C11H13FN2O2/c1-16-9-3-2-7(6-8(9)12)14-10(15)11(13)4-5-11/h2-3,6H,4-5,13H2,1H3,(H,14,15). The highest BCUT2D eigenvalue weighted by Crippen LogP contribution is 2.33. The van der Waals surface area contributed by atoms with Gasteiger partial charge in [0, 0.05) is 11.8 Å². The summed E-state index contributed by atoms with van der Waals surface area (Å²) in [5, 5.41) is 2.58. The van der Waals surface area contributed by atoms with E-state index in [9.17, 15) is 9.18 Å². The number of benzene rings is 1. The molecule has 1 aromatic carbocycles. The average molecular weight is 224 g/mol. The minimum Gasteiger partial charge on any atom is -0.494 e. The van der Waals surface area contributed by atoms with Gasteiger partial charge in [-0.2, -0.15) is 0 Å². The third-order valence-electron chi connectivity index (χ3n) is 2.65. The van der Waals surface area contributed by atoms with Gasteiger partial charge in [0.05, 0.1) is 12.6 Å². The molecular formula is C11H13FN2O2. The minimum atomic E-state index is -0.754. The third kappa shape index (κ3) is 1.99. The number of hydrogen-bond acceptors (Lipinski definition) is 3. The van der Waals surface area contributed by atoms with Gasteiger partial charge in [0.2, 0.25) is 5.91 Å². The van der Waals surface area contributed by atoms with E-state index in [-0.39, 0.29) is 11.7 Å². The van der Waals surface area contributed by atoms with Gasteiger partial charge in [-0.15, -0.1) is 0 Å². The number of nitrogens with one attached hydrogen (secondary N) is 1. The van der Waals surface area contributed by atoms with Crippen molar-refractivity contribution in [3.63, 3.8) is 0 Å². The van der Waals surface area contributed by atoms with Crippen LogP contribution in [0.2, 0.25) is 0 Å². The molecule has 4 nitrogen and oxygen atoms in total. The molecule has 2 rings (SSSR count). The predicted molar refractivity (Wildman–Crippen MR) is 57.7 cm³/mol. The zero-order valence-corrected chi connectivity index (χ0v) is 8.92. The molecular weight excluding hydrogens is 211 g/mol. The van der Waals surface area contributed by atoms with Gasteiger partial charge in [-0.3, -0.25) is 4.79 Å². The van der Waals surface area contributed by atoms with Crippen LogP contribution in [-0.4, -0.2) is 18.6 Å². The van der Waals surface area contributed by atoms with Crippen LogP contribution in [0.1, 0.15) is 12.8 Å². The molecule has 5 heteroatoms. The summed E-state index contributed by atoms with van der Waals surface area (Å²) in [6.45, 7) is 0. The summed E-state index contributed by atoms with van der Waals surface area (Å²) in [5.41, 5.74) is 5.34. The molecule has 0 aromatic heterocycles. The summed E-state index contributed by atoms with van der Waals surface area (Å²) in [6, 6.07) is 4.25. The van der Waals surface area contributed by atoms with Crippen molar-refractivity contribution >= 4 is 11.6 Å². The van der Waals surface area contributed by atoms with E-state index in [1.807, 2.05) is 0 Å². The van der Waals surface area contributed by atoms with E-state index in [0.717, 1.165) is 0 Å². The number of rotatable bonds is 3. The Morgan fingerprint density at radius 3 is 2.75 bits per heavy atom. The molecule has 0 aliphatic heterocycles. The molecule has 0 bridgehead atoms. The summed E-state index contributed by atoms with van der Waals surface area (Å²) < 4.78 is 18.1. The Kier molecular flexibility index (Phi) is 2.55. The van der Waals surface area contributed by atoms with Gasteiger partial charge >= 0.3 is 0 Å². The van der Waals surface area contributed by atoms with Crippen molar-refractivity contribution in [3.05, 3.63) is 24.0 Å². The van der Waals surface area contributed by atoms with E-state index in [1.54, 1.807) is 6.07 Å². The van der Waals surface area contributed by atoms with Crippen LogP contribution in [0.3, 0.4) is 0 Å². The highest BCUT2D eigenvalue weighted by atomic mass is 19.1. The van der Waals surface area contributed by atoms with Crippen molar-refractivity contribution in [1.82, 2.24) is 0 Å². The molecule has 1 aliphatic rings. The Morgan fingerprint density at radius 2 is 2.25 bits per heavy atom. The Balaban J connectivity index is 2.10. The summed E-state index contributed by atoms with van der Waals surface area (Å²) in [4.78, 5) is 11.6. The first-order valence-electron chi connectivity index (χ1n) is 4.99. The lowest BCUT2D eigenvalue weighted by atomic mass is 10.2. The number of hydrogen-bond donors (Lipinski definition) is 2. The maximum absolute atomic E-state index is 13.3. The van der Waals surface area contributed by atoms with Crippen LogP contribution in [0.15, 0.2) is 18.2 Å². The van der Waals surface area contributed by atoms with Crippen molar-refractivity contribution in [1.29, 1.82) is 0 Å². The molecule has 0 radical (unpaired) electrons. The van der Waals surface area contributed by atoms with Gasteiger partial charge in [-0.25, -0.2) is 4.39 Å². The Morgan fingerprint density at radius 1 is 1.56 bits per heavy atom. The largest absolute Gasteiger partial charge is 0.494 e. The first-order valence-corrected chi connectivity index (χ1v) is 4.99. The number of methoxy groups -OCH3 is 1. The molecule has 1 fully saturated rings. The smallest absolute Gasteiger partial charge is 0.244 e. The van der Waals surface area contributed by atoms with Crippen molar-refractivity contribution in [2.45, 2.75) is 18.4 Å². The highest BCUT2D eigenvalue weighted by Gasteiger charge is 2.45. The number of amides is 1. The molecule has 0 spiro atoms. The lowest BCUT2D eigenvalue weighted by molar-refractivity contribution is -0.118. The second-order valence-corrected chi connectivity index (χ2v) is 3.96. The molecule has 1 aliphatic carbocycles. The normalized spacial score (nSPS) is 16.7. The Labute approximate surface area is 92.6 Å². The Bertz CT molecular complexity index is 430.